The van der Waals surface area contributed by atoms with Gasteiger partial charge in [-0.15, -0.1) is 0 Å². The van der Waals surface area contributed by atoms with Crippen molar-refractivity contribution in [2.75, 3.05) is 0 Å². The molecule has 0 saturated heterocycles. The minimum atomic E-state index is -0.475. The van der Waals surface area contributed by atoms with Crippen molar-refractivity contribution < 1.29 is 14.6 Å². The number of aliphatic hydroxyl groups is 1. The van der Waals surface area contributed by atoms with Crippen LogP contribution in [0.25, 0.3) is 0 Å². The second-order valence-corrected chi connectivity index (χ2v) is 4.37. The van der Waals surface area contributed by atoms with Gasteiger partial charge in [-0.05, 0) is 24.1 Å². The summed E-state index contributed by atoms with van der Waals surface area (Å²) in [6.07, 6.45) is 2.25. The van der Waals surface area contributed by atoms with Crippen LogP contribution >= 0.6 is 0 Å². The van der Waals surface area contributed by atoms with Crippen LogP contribution in [-0.4, -0.2) is 11.1 Å². The Labute approximate surface area is 118 Å². The summed E-state index contributed by atoms with van der Waals surface area (Å²) >= 11 is 0. The van der Waals surface area contributed by atoms with Crippen LogP contribution in [-0.2, 0) is 11.2 Å². The number of esters is 1. The van der Waals surface area contributed by atoms with Crippen LogP contribution in [0.4, 0.5) is 0 Å². The Bertz CT molecular complexity index is 574. The second kappa shape index (κ2) is 7.14. The summed E-state index contributed by atoms with van der Waals surface area (Å²) in [4.78, 5) is 11.6. The Hall–Kier alpha value is -2.55. The summed E-state index contributed by atoms with van der Waals surface area (Å²) in [5.41, 5.74) is 1.58. The zero-order chi connectivity index (χ0) is 14.2. The lowest BCUT2D eigenvalue weighted by molar-refractivity contribution is 0.0650. The van der Waals surface area contributed by atoms with Gasteiger partial charge in [0.2, 0.25) is 0 Å². The maximum absolute atomic E-state index is 11.6. The number of carbonyl (C=O) groups excluding carboxylic acids is 1. The van der Waals surface area contributed by atoms with Crippen LogP contribution in [0.1, 0.15) is 22.3 Å². The van der Waals surface area contributed by atoms with Gasteiger partial charge in [0.1, 0.15) is 12.0 Å². The number of hydrogen-bond acceptors (Lipinski definition) is 3. The highest BCUT2D eigenvalue weighted by molar-refractivity contribution is 5.89. The molecule has 2 rings (SSSR count). The van der Waals surface area contributed by atoms with Crippen LogP contribution < -0.4 is 0 Å². The summed E-state index contributed by atoms with van der Waals surface area (Å²) in [6, 6.07) is 18.5. The molecule has 0 aromatic heterocycles. The number of allylic oxidation sites excluding steroid dienone is 1. The number of aryl methyl sites for hydroxylation is 1. The highest BCUT2D eigenvalue weighted by Gasteiger charge is 2.05. The van der Waals surface area contributed by atoms with Gasteiger partial charge in [-0.3, -0.25) is 0 Å². The van der Waals surface area contributed by atoms with E-state index in [0.29, 0.717) is 18.4 Å². The molecule has 0 heterocycles. The molecular weight excluding hydrogens is 252 g/mol. The molecule has 3 nitrogen and oxygen atoms in total. The van der Waals surface area contributed by atoms with Crippen LogP contribution in [0.15, 0.2) is 72.7 Å². The zero-order valence-electron chi connectivity index (χ0n) is 11.0. The SMILES string of the molecule is O=C(OC=C(O)CCc1ccccc1)c1ccccc1. The molecule has 0 aliphatic heterocycles. The number of hydrogen-bond donors (Lipinski definition) is 1. The summed E-state index contributed by atoms with van der Waals surface area (Å²) in [6.45, 7) is 0. The summed E-state index contributed by atoms with van der Waals surface area (Å²) in [5, 5.41) is 9.69. The molecule has 0 unspecified atom stereocenters. The molecule has 0 amide bonds. The fourth-order valence-corrected chi connectivity index (χ4v) is 1.74. The number of ether oxygens (including phenoxy) is 1. The van der Waals surface area contributed by atoms with Gasteiger partial charge < -0.3 is 9.84 Å². The maximum atomic E-state index is 11.6. The van der Waals surface area contributed by atoms with Crippen molar-refractivity contribution in [1.29, 1.82) is 0 Å². The minimum absolute atomic E-state index is 0.0538. The second-order valence-electron chi connectivity index (χ2n) is 4.37. The molecule has 0 atom stereocenters. The van der Waals surface area contributed by atoms with E-state index in [2.05, 4.69) is 0 Å². The number of benzene rings is 2. The van der Waals surface area contributed by atoms with E-state index < -0.39 is 5.97 Å². The molecule has 0 radical (unpaired) electrons. The Morgan fingerprint density at radius 1 is 1.00 bits per heavy atom. The molecule has 0 fully saturated rings. The van der Waals surface area contributed by atoms with E-state index in [4.69, 9.17) is 4.74 Å². The van der Waals surface area contributed by atoms with Crippen LogP contribution in [0, 0.1) is 0 Å². The lowest BCUT2D eigenvalue weighted by atomic mass is 10.1. The first-order chi connectivity index (χ1) is 9.75. The third kappa shape index (κ3) is 4.28. The van der Waals surface area contributed by atoms with Gasteiger partial charge in [-0.25, -0.2) is 4.79 Å². The van der Waals surface area contributed by atoms with Gasteiger partial charge in [0.25, 0.3) is 0 Å². The third-order valence-electron chi connectivity index (χ3n) is 2.82. The predicted molar refractivity (Wildman–Crippen MR) is 77.3 cm³/mol. The molecule has 0 bridgehead atoms. The molecular formula is C17H16O3. The molecule has 2 aromatic rings. The third-order valence-corrected chi connectivity index (χ3v) is 2.82. The normalized spacial score (nSPS) is 11.1. The molecule has 102 valence electrons. The van der Waals surface area contributed by atoms with Crippen molar-refractivity contribution in [1.82, 2.24) is 0 Å². The van der Waals surface area contributed by atoms with Crippen molar-refractivity contribution in [3.63, 3.8) is 0 Å². The van der Waals surface area contributed by atoms with Crippen LogP contribution in [0.2, 0.25) is 0 Å². The van der Waals surface area contributed by atoms with Crippen molar-refractivity contribution in [3.05, 3.63) is 83.8 Å². The van der Waals surface area contributed by atoms with E-state index in [1.807, 2.05) is 36.4 Å². The molecule has 2 aromatic carbocycles. The van der Waals surface area contributed by atoms with Gasteiger partial charge in [-0.1, -0.05) is 48.5 Å². The van der Waals surface area contributed by atoms with E-state index in [9.17, 15) is 9.90 Å². The Morgan fingerprint density at radius 2 is 1.60 bits per heavy atom. The number of rotatable bonds is 5. The fourth-order valence-electron chi connectivity index (χ4n) is 1.74. The van der Waals surface area contributed by atoms with E-state index in [1.54, 1.807) is 24.3 Å². The first-order valence-electron chi connectivity index (χ1n) is 6.43. The molecule has 0 aliphatic carbocycles. The van der Waals surface area contributed by atoms with E-state index in [-0.39, 0.29) is 5.76 Å². The van der Waals surface area contributed by atoms with Crippen molar-refractivity contribution in [2.45, 2.75) is 12.8 Å². The van der Waals surface area contributed by atoms with E-state index >= 15 is 0 Å². The molecule has 0 spiro atoms. The van der Waals surface area contributed by atoms with Crippen molar-refractivity contribution in [2.24, 2.45) is 0 Å². The standard InChI is InChI=1S/C17H16O3/c18-16(12-11-14-7-3-1-4-8-14)13-20-17(19)15-9-5-2-6-10-15/h1-10,13,18H,11-12H2. The van der Waals surface area contributed by atoms with Gasteiger partial charge in [0.15, 0.2) is 0 Å². The molecule has 3 heteroatoms. The van der Waals surface area contributed by atoms with Gasteiger partial charge >= 0.3 is 5.97 Å². The highest BCUT2D eigenvalue weighted by atomic mass is 16.5. The Kier molecular flexibility index (Phi) is 4.95. The molecule has 1 N–H and O–H groups in total. The summed E-state index contributed by atoms with van der Waals surface area (Å²) < 4.78 is 4.93. The highest BCUT2D eigenvalue weighted by Crippen LogP contribution is 2.08. The van der Waals surface area contributed by atoms with Gasteiger partial charge in [0, 0.05) is 6.42 Å². The van der Waals surface area contributed by atoms with E-state index in [1.165, 1.54) is 0 Å². The van der Waals surface area contributed by atoms with E-state index in [0.717, 1.165) is 11.8 Å². The largest absolute Gasteiger partial charge is 0.509 e. The van der Waals surface area contributed by atoms with Crippen LogP contribution in [0.5, 0.6) is 0 Å². The quantitative estimate of drug-likeness (QED) is 0.661. The number of carbonyl (C=O) groups is 1. The minimum Gasteiger partial charge on any atom is -0.509 e. The maximum Gasteiger partial charge on any atom is 0.343 e. The molecule has 0 saturated carbocycles. The summed E-state index contributed by atoms with van der Waals surface area (Å²) in [5.74, 6) is -0.421. The van der Waals surface area contributed by atoms with Gasteiger partial charge in [0.05, 0.1) is 5.56 Å². The van der Waals surface area contributed by atoms with Crippen LogP contribution in [0.3, 0.4) is 0 Å². The first-order valence-corrected chi connectivity index (χ1v) is 6.43. The monoisotopic (exact) mass is 268 g/mol. The molecule has 0 aliphatic rings. The number of aliphatic hydroxyl groups excluding tert-OH is 1. The zero-order valence-corrected chi connectivity index (χ0v) is 11.0. The van der Waals surface area contributed by atoms with Crippen molar-refractivity contribution >= 4 is 5.97 Å². The fraction of sp³-hybridized carbons (Fsp3) is 0.118. The topological polar surface area (TPSA) is 46.5 Å². The first kappa shape index (κ1) is 13.9. The van der Waals surface area contributed by atoms with Crippen molar-refractivity contribution in [3.8, 4) is 0 Å². The Morgan fingerprint density at radius 3 is 2.25 bits per heavy atom. The van der Waals surface area contributed by atoms with Gasteiger partial charge in [-0.2, -0.15) is 0 Å². The average molecular weight is 268 g/mol. The lowest BCUT2D eigenvalue weighted by Gasteiger charge is -2.02. The average Bonchev–Trinajstić information content (AvgIpc) is 2.52. The summed E-state index contributed by atoms with van der Waals surface area (Å²) in [7, 11) is 0. The smallest absolute Gasteiger partial charge is 0.343 e. The lowest BCUT2D eigenvalue weighted by Crippen LogP contribution is -2.01. The Balaban J connectivity index is 1.84. The predicted octanol–water partition coefficient (Wildman–Crippen LogP) is 3.88. The molecule has 20 heavy (non-hydrogen) atoms.